The maximum absolute atomic E-state index is 12.4. The second-order valence-corrected chi connectivity index (χ2v) is 5.48. The van der Waals surface area contributed by atoms with Gasteiger partial charge in [-0.2, -0.15) is 0 Å². The van der Waals surface area contributed by atoms with Crippen LogP contribution in [0.3, 0.4) is 0 Å². The molecule has 0 aromatic carbocycles. The fraction of sp³-hybridized carbons (Fsp3) is 0.400. The van der Waals surface area contributed by atoms with Crippen molar-refractivity contribution >= 4 is 23.1 Å². The van der Waals surface area contributed by atoms with Crippen molar-refractivity contribution in [3.8, 4) is 0 Å². The first kappa shape index (κ1) is 15.0. The molecule has 0 saturated heterocycles. The first-order chi connectivity index (χ1) is 9.83. The summed E-state index contributed by atoms with van der Waals surface area (Å²) in [4.78, 5) is 28.5. The Morgan fingerprint density at radius 3 is 2.67 bits per heavy atom. The molecule has 0 aliphatic heterocycles. The lowest BCUT2D eigenvalue weighted by Gasteiger charge is -2.20. The molecule has 0 atom stereocenters. The summed E-state index contributed by atoms with van der Waals surface area (Å²) in [5.41, 5.74) is -0.191. The minimum Gasteiger partial charge on any atom is -0.461 e. The molecule has 0 aliphatic rings. The third kappa shape index (κ3) is 3.21. The number of nitrogens with zero attached hydrogens (tertiary/aromatic N) is 2. The van der Waals surface area contributed by atoms with Gasteiger partial charge in [0.2, 0.25) is 0 Å². The summed E-state index contributed by atoms with van der Waals surface area (Å²) in [6, 6.07) is 5.08. The quantitative estimate of drug-likeness (QED) is 0.795. The zero-order valence-electron chi connectivity index (χ0n) is 12.5. The lowest BCUT2D eigenvalue weighted by molar-refractivity contribution is 0.0453. The molecule has 0 amide bonds. The van der Waals surface area contributed by atoms with Crippen LogP contribution in [0, 0.1) is 0 Å². The summed E-state index contributed by atoms with van der Waals surface area (Å²) in [5.74, 6) is -0.582. The van der Waals surface area contributed by atoms with Crippen LogP contribution in [-0.2, 0) is 9.47 Å². The fourth-order valence-electron chi connectivity index (χ4n) is 1.88. The summed E-state index contributed by atoms with van der Waals surface area (Å²) < 4.78 is 11.5. The van der Waals surface area contributed by atoms with E-state index in [1.165, 1.54) is 0 Å². The van der Waals surface area contributed by atoms with Gasteiger partial charge in [0.05, 0.1) is 6.61 Å². The molecular formula is C15H18N2O4. The number of carbonyl (C=O) groups is 2. The van der Waals surface area contributed by atoms with Gasteiger partial charge in [-0.05, 0) is 45.9 Å². The molecule has 0 N–H and O–H groups in total. The van der Waals surface area contributed by atoms with Crippen LogP contribution >= 0.6 is 0 Å². The zero-order chi connectivity index (χ0) is 15.6. The monoisotopic (exact) mass is 290 g/mol. The predicted octanol–water partition coefficient (Wildman–Crippen LogP) is 3.00. The number of hydrogen-bond donors (Lipinski definition) is 0. The van der Waals surface area contributed by atoms with Crippen LogP contribution in [-0.4, -0.2) is 33.8 Å². The number of esters is 1. The van der Waals surface area contributed by atoms with Crippen LogP contribution in [0.2, 0.25) is 0 Å². The smallest absolute Gasteiger partial charge is 0.420 e. The SMILES string of the molecule is CCOC(=O)c1cc2cccnc2n1C(=O)OC(C)(C)C. The molecule has 21 heavy (non-hydrogen) atoms. The van der Waals surface area contributed by atoms with Gasteiger partial charge in [-0.3, -0.25) is 0 Å². The maximum atomic E-state index is 12.4. The molecule has 0 radical (unpaired) electrons. The Bertz CT molecular complexity index is 683. The van der Waals surface area contributed by atoms with E-state index in [4.69, 9.17) is 9.47 Å². The second-order valence-electron chi connectivity index (χ2n) is 5.48. The first-order valence-electron chi connectivity index (χ1n) is 6.70. The number of rotatable bonds is 2. The minimum absolute atomic E-state index is 0.111. The number of ether oxygens (including phenoxy) is 2. The number of pyridine rings is 1. The van der Waals surface area contributed by atoms with Gasteiger partial charge in [0.1, 0.15) is 16.9 Å². The summed E-state index contributed by atoms with van der Waals surface area (Å²) in [5, 5.41) is 0.673. The van der Waals surface area contributed by atoms with E-state index in [1.807, 2.05) is 0 Å². The van der Waals surface area contributed by atoms with E-state index in [-0.39, 0.29) is 12.3 Å². The minimum atomic E-state index is -0.672. The molecule has 112 valence electrons. The normalized spacial score (nSPS) is 11.4. The van der Waals surface area contributed by atoms with Gasteiger partial charge in [-0.1, -0.05) is 0 Å². The largest absolute Gasteiger partial charge is 0.461 e. The number of carbonyl (C=O) groups excluding carboxylic acids is 2. The lowest BCUT2D eigenvalue weighted by atomic mass is 10.2. The standard InChI is InChI=1S/C15H18N2O4/c1-5-20-13(18)11-9-10-7-6-8-16-12(10)17(11)14(19)21-15(2,3)4/h6-9H,5H2,1-4H3. The summed E-state index contributed by atoms with van der Waals surface area (Å²) >= 11 is 0. The van der Waals surface area contributed by atoms with Gasteiger partial charge < -0.3 is 9.47 Å². The van der Waals surface area contributed by atoms with E-state index in [0.717, 1.165) is 4.57 Å². The summed E-state index contributed by atoms with van der Waals surface area (Å²) in [6.07, 6.45) is 0.900. The number of hydrogen-bond acceptors (Lipinski definition) is 5. The van der Waals surface area contributed by atoms with Crippen molar-refractivity contribution in [1.82, 2.24) is 9.55 Å². The Morgan fingerprint density at radius 2 is 2.05 bits per heavy atom. The van der Waals surface area contributed by atoms with Crippen molar-refractivity contribution in [2.45, 2.75) is 33.3 Å². The molecule has 0 unspecified atom stereocenters. The number of fused-ring (bicyclic) bond motifs is 1. The van der Waals surface area contributed by atoms with Gasteiger partial charge in [0, 0.05) is 11.6 Å². The average molecular weight is 290 g/mol. The van der Waals surface area contributed by atoms with Crippen LogP contribution < -0.4 is 0 Å². The molecular weight excluding hydrogens is 272 g/mol. The Balaban J connectivity index is 2.55. The van der Waals surface area contributed by atoms with E-state index < -0.39 is 17.7 Å². The van der Waals surface area contributed by atoms with Crippen molar-refractivity contribution in [2.75, 3.05) is 6.61 Å². The molecule has 0 saturated carbocycles. The van der Waals surface area contributed by atoms with Gasteiger partial charge in [-0.25, -0.2) is 19.1 Å². The molecule has 6 heteroatoms. The molecule has 2 aromatic rings. The molecule has 0 bridgehead atoms. The van der Waals surface area contributed by atoms with Crippen molar-refractivity contribution in [3.63, 3.8) is 0 Å². The lowest BCUT2D eigenvalue weighted by Crippen LogP contribution is -2.29. The molecule has 0 spiro atoms. The van der Waals surface area contributed by atoms with E-state index in [2.05, 4.69) is 4.98 Å². The second kappa shape index (κ2) is 5.55. The zero-order valence-corrected chi connectivity index (χ0v) is 12.5. The Hall–Kier alpha value is -2.37. The van der Waals surface area contributed by atoms with Crippen LogP contribution in [0.1, 0.15) is 38.2 Å². The van der Waals surface area contributed by atoms with Gasteiger partial charge in [0.15, 0.2) is 0 Å². The third-order valence-corrected chi connectivity index (χ3v) is 2.62. The topological polar surface area (TPSA) is 70.4 Å². The highest BCUT2D eigenvalue weighted by molar-refractivity contribution is 6.00. The van der Waals surface area contributed by atoms with Gasteiger partial charge in [0.25, 0.3) is 0 Å². The highest BCUT2D eigenvalue weighted by Crippen LogP contribution is 2.20. The van der Waals surface area contributed by atoms with Crippen LogP contribution in [0.4, 0.5) is 4.79 Å². The predicted molar refractivity (Wildman–Crippen MR) is 77.3 cm³/mol. The van der Waals surface area contributed by atoms with Gasteiger partial charge >= 0.3 is 12.1 Å². The number of aromatic nitrogens is 2. The Labute approximate surface area is 122 Å². The van der Waals surface area contributed by atoms with Crippen molar-refractivity contribution in [1.29, 1.82) is 0 Å². The van der Waals surface area contributed by atoms with E-state index in [0.29, 0.717) is 11.0 Å². The van der Waals surface area contributed by atoms with Crippen LogP contribution in [0.25, 0.3) is 11.0 Å². The third-order valence-electron chi connectivity index (χ3n) is 2.62. The van der Waals surface area contributed by atoms with E-state index in [1.54, 1.807) is 52.1 Å². The summed E-state index contributed by atoms with van der Waals surface area (Å²) in [7, 11) is 0. The van der Waals surface area contributed by atoms with Crippen LogP contribution in [0.5, 0.6) is 0 Å². The molecule has 2 heterocycles. The van der Waals surface area contributed by atoms with Crippen molar-refractivity contribution in [3.05, 3.63) is 30.1 Å². The fourth-order valence-corrected chi connectivity index (χ4v) is 1.88. The van der Waals surface area contributed by atoms with Crippen LogP contribution in [0.15, 0.2) is 24.4 Å². The Kier molecular flexibility index (Phi) is 3.97. The molecule has 0 fully saturated rings. The first-order valence-corrected chi connectivity index (χ1v) is 6.70. The highest BCUT2D eigenvalue weighted by atomic mass is 16.6. The molecule has 2 aromatic heterocycles. The Morgan fingerprint density at radius 1 is 1.33 bits per heavy atom. The van der Waals surface area contributed by atoms with Gasteiger partial charge in [-0.15, -0.1) is 0 Å². The molecule has 0 aliphatic carbocycles. The summed E-state index contributed by atoms with van der Waals surface area (Å²) in [6.45, 7) is 7.20. The average Bonchev–Trinajstić information content (AvgIpc) is 2.76. The molecule has 2 rings (SSSR count). The highest BCUT2D eigenvalue weighted by Gasteiger charge is 2.26. The maximum Gasteiger partial charge on any atom is 0.420 e. The van der Waals surface area contributed by atoms with Crippen molar-refractivity contribution in [2.24, 2.45) is 0 Å². The van der Waals surface area contributed by atoms with E-state index >= 15 is 0 Å². The molecule has 6 nitrogen and oxygen atoms in total. The van der Waals surface area contributed by atoms with Crippen molar-refractivity contribution < 1.29 is 19.1 Å². The van der Waals surface area contributed by atoms with E-state index in [9.17, 15) is 9.59 Å².